The molecule has 0 aromatic carbocycles. The molecule has 0 saturated heterocycles. The highest BCUT2D eigenvalue weighted by Crippen LogP contribution is 1.94. The van der Waals surface area contributed by atoms with Crippen molar-refractivity contribution in [1.82, 2.24) is 15.5 Å². The fraction of sp³-hybridized carbons (Fsp3) is 0.667. The van der Waals surface area contributed by atoms with Crippen LogP contribution in [0.5, 0.6) is 0 Å². The van der Waals surface area contributed by atoms with Gasteiger partial charge in [0.2, 0.25) is 5.89 Å². The van der Waals surface area contributed by atoms with Crippen molar-refractivity contribution in [2.45, 2.75) is 26.7 Å². The van der Waals surface area contributed by atoms with E-state index in [9.17, 15) is 0 Å². The molecule has 0 saturated carbocycles. The lowest BCUT2D eigenvalue weighted by molar-refractivity contribution is 0.387. The maximum atomic E-state index is 5.60. The average Bonchev–Trinajstić information content (AvgIpc) is 2.61. The van der Waals surface area contributed by atoms with Crippen LogP contribution in [0.2, 0.25) is 0 Å². The van der Waals surface area contributed by atoms with Gasteiger partial charge in [0, 0.05) is 26.4 Å². The SMILES string of the molecule is CCCN=C(N)NCCc1noc(C)n1. The molecule has 15 heavy (non-hydrogen) atoms. The van der Waals surface area contributed by atoms with Crippen LogP contribution < -0.4 is 11.1 Å². The number of aromatic nitrogens is 2. The summed E-state index contributed by atoms with van der Waals surface area (Å²) in [6.45, 7) is 5.23. The normalized spacial score (nSPS) is 11.7. The van der Waals surface area contributed by atoms with Gasteiger partial charge >= 0.3 is 0 Å². The van der Waals surface area contributed by atoms with Crippen LogP contribution >= 0.6 is 0 Å². The molecule has 0 bridgehead atoms. The van der Waals surface area contributed by atoms with Gasteiger partial charge in [-0.05, 0) is 6.42 Å². The Morgan fingerprint density at radius 3 is 3.00 bits per heavy atom. The fourth-order valence-electron chi connectivity index (χ4n) is 1.03. The summed E-state index contributed by atoms with van der Waals surface area (Å²) in [6.07, 6.45) is 1.67. The van der Waals surface area contributed by atoms with Gasteiger partial charge in [-0.25, -0.2) is 0 Å². The number of hydrogen-bond donors (Lipinski definition) is 2. The van der Waals surface area contributed by atoms with Crippen LogP contribution in [-0.2, 0) is 6.42 Å². The van der Waals surface area contributed by atoms with E-state index in [4.69, 9.17) is 10.3 Å². The molecule has 1 aromatic rings. The summed E-state index contributed by atoms with van der Waals surface area (Å²) in [4.78, 5) is 8.17. The third kappa shape index (κ3) is 4.44. The molecule has 0 atom stereocenters. The van der Waals surface area contributed by atoms with E-state index in [2.05, 4.69) is 27.4 Å². The number of aliphatic imine (C=N–C) groups is 1. The van der Waals surface area contributed by atoms with E-state index in [1.54, 1.807) is 6.92 Å². The van der Waals surface area contributed by atoms with Crippen molar-refractivity contribution in [2.75, 3.05) is 13.1 Å². The maximum absolute atomic E-state index is 5.60. The highest BCUT2D eigenvalue weighted by atomic mass is 16.5. The summed E-state index contributed by atoms with van der Waals surface area (Å²) < 4.78 is 4.84. The minimum absolute atomic E-state index is 0.470. The number of guanidine groups is 1. The Bertz CT molecular complexity index is 320. The molecule has 0 aliphatic carbocycles. The summed E-state index contributed by atoms with van der Waals surface area (Å²) in [6, 6.07) is 0. The molecule has 0 radical (unpaired) electrons. The van der Waals surface area contributed by atoms with E-state index in [0.29, 0.717) is 30.6 Å². The van der Waals surface area contributed by atoms with Gasteiger partial charge < -0.3 is 15.6 Å². The zero-order valence-electron chi connectivity index (χ0n) is 9.16. The molecule has 0 unspecified atom stereocenters. The Kier molecular flexibility index (Phi) is 4.59. The van der Waals surface area contributed by atoms with E-state index in [1.165, 1.54) is 0 Å². The lowest BCUT2D eigenvalue weighted by Gasteiger charge is -2.02. The van der Waals surface area contributed by atoms with Gasteiger partial charge in [0.25, 0.3) is 0 Å². The predicted octanol–water partition coefficient (Wildman–Crippen LogP) is 0.235. The minimum atomic E-state index is 0.470. The summed E-state index contributed by atoms with van der Waals surface area (Å²) in [5.41, 5.74) is 5.60. The average molecular weight is 211 g/mol. The number of nitrogens with one attached hydrogen (secondary N) is 1. The Morgan fingerprint density at radius 1 is 1.60 bits per heavy atom. The first-order chi connectivity index (χ1) is 7.22. The molecule has 84 valence electrons. The fourth-order valence-corrected chi connectivity index (χ4v) is 1.03. The first-order valence-corrected chi connectivity index (χ1v) is 5.05. The molecule has 6 nitrogen and oxygen atoms in total. The molecule has 3 N–H and O–H groups in total. The highest BCUT2D eigenvalue weighted by Gasteiger charge is 2.01. The zero-order valence-corrected chi connectivity index (χ0v) is 9.16. The molecule has 0 fully saturated rings. The summed E-state index contributed by atoms with van der Waals surface area (Å²) in [5.74, 6) is 1.73. The summed E-state index contributed by atoms with van der Waals surface area (Å²) in [7, 11) is 0. The van der Waals surface area contributed by atoms with Crippen LogP contribution in [0.1, 0.15) is 25.1 Å². The zero-order chi connectivity index (χ0) is 11.1. The second kappa shape index (κ2) is 6.00. The van der Waals surface area contributed by atoms with Crippen molar-refractivity contribution in [3.05, 3.63) is 11.7 Å². The van der Waals surface area contributed by atoms with Crippen LogP contribution in [0, 0.1) is 6.92 Å². The van der Waals surface area contributed by atoms with Crippen molar-refractivity contribution in [3.8, 4) is 0 Å². The van der Waals surface area contributed by atoms with E-state index in [1.807, 2.05) is 0 Å². The lowest BCUT2D eigenvalue weighted by atomic mass is 10.4. The second-order valence-corrected chi connectivity index (χ2v) is 3.17. The van der Waals surface area contributed by atoms with Gasteiger partial charge in [-0.1, -0.05) is 12.1 Å². The molecule has 1 aromatic heterocycles. The predicted molar refractivity (Wildman–Crippen MR) is 57.5 cm³/mol. The van der Waals surface area contributed by atoms with E-state index < -0.39 is 0 Å². The number of nitrogens with zero attached hydrogens (tertiary/aromatic N) is 3. The van der Waals surface area contributed by atoms with Crippen LogP contribution in [0.25, 0.3) is 0 Å². The molecular weight excluding hydrogens is 194 g/mol. The van der Waals surface area contributed by atoms with Gasteiger partial charge in [0.1, 0.15) is 0 Å². The third-order valence-corrected chi connectivity index (χ3v) is 1.73. The van der Waals surface area contributed by atoms with Crippen LogP contribution in [0.4, 0.5) is 0 Å². The Morgan fingerprint density at radius 2 is 2.40 bits per heavy atom. The molecule has 1 heterocycles. The Hall–Kier alpha value is -1.59. The van der Waals surface area contributed by atoms with Gasteiger partial charge in [-0.2, -0.15) is 4.98 Å². The quantitative estimate of drug-likeness (QED) is 0.537. The molecule has 0 spiro atoms. The first-order valence-electron chi connectivity index (χ1n) is 5.05. The van der Waals surface area contributed by atoms with Crippen LogP contribution in [-0.4, -0.2) is 29.2 Å². The number of nitrogens with two attached hydrogens (primary N) is 1. The van der Waals surface area contributed by atoms with Gasteiger partial charge in [0.15, 0.2) is 11.8 Å². The summed E-state index contributed by atoms with van der Waals surface area (Å²) >= 11 is 0. The Balaban J connectivity index is 2.21. The molecular formula is C9H17N5O. The Labute approximate surface area is 89.0 Å². The highest BCUT2D eigenvalue weighted by molar-refractivity contribution is 5.77. The molecule has 1 rings (SSSR count). The number of aryl methyl sites for hydroxylation is 1. The second-order valence-electron chi connectivity index (χ2n) is 3.17. The maximum Gasteiger partial charge on any atom is 0.223 e. The van der Waals surface area contributed by atoms with Crippen LogP contribution in [0.3, 0.4) is 0 Å². The van der Waals surface area contributed by atoms with E-state index in [-0.39, 0.29) is 0 Å². The summed E-state index contributed by atoms with van der Waals surface area (Å²) in [5, 5.41) is 6.75. The van der Waals surface area contributed by atoms with Crippen molar-refractivity contribution in [2.24, 2.45) is 10.7 Å². The monoisotopic (exact) mass is 211 g/mol. The first kappa shape index (κ1) is 11.5. The van der Waals surface area contributed by atoms with Crippen molar-refractivity contribution >= 4 is 5.96 Å². The standard InChI is InChI=1S/C9H17N5O/c1-3-5-11-9(10)12-6-4-8-13-7(2)15-14-8/h3-6H2,1-2H3,(H3,10,11,12). The van der Waals surface area contributed by atoms with Gasteiger partial charge in [-0.3, -0.25) is 4.99 Å². The van der Waals surface area contributed by atoms with Crippen LogP contribution in [0.15, 0.2) is 9.52 Å². The van der Waals surface area contributed by atoms with Crippen molar-refractivity contribution in [1.29, 1.82) is 0 Å². The molecule has 6 heteroatoms. The molecule has 0 aliphatic rings. The molecule has 0 aliphatic heterocycles. The van der Waals surface area contributed by atoms with Gasteiger partial charge in [0.05, 0.1) is 0 Å². The third-order valence-electron chi connectivity index (χ3n) is 1.73. The lowest BCUT2D eigenvalue weighted by Crippen LogP contribution is -2.33. The smallest absolute Gasteiger partial charge is 0.223 e. The topological polar surface area (TPSA) is 89.3 Å². The number of rotatable bonds is 5. The van der Waals surface area contributed by atoms with E-state index >= 15 is 0 Å². The number of hydrogen-bond acceptors (Lipinski definition) is 4. The van der Waals surface area contributed by atoms with Gasteiger partial charge in [-0.15, -0.1) is 0 Å². The van der Waals surface area contributed by atoms with Crippen molar-refractivity contribution in [3.63, 3.8) is 0 Å². The molecule has 0 amide bonds. The van der Waals surface area contributed by atoms with E-state index in [0.717, 1.165) is 13.0 Å². The largest absolute Gasteiger partial charge is 0.370 e. The van der Waals surface area contributed by atoms with Crippen molar-refractivity contribution < 1.29 is 4.52 Å². The minimum Gasteiger partial charge on any atom is -0.370 e.